The number of nitrogens with zero attached hydrogens (tertiary/aromatic N) is 2. The third-order valence-electron chi connectivity index (χ3n) is 4.84. The van der Waals surface area contributed by atoms with Crippen molar-refractivity contribution in [2.75, 3.05) is 36.8 Å². The predicted octanol–water partition coefficient (Wildman–Crippen LogP) is -0.0636. The van der Waals surface area contributed by atoms with Gasteiger partial charge in [0.05, 0.1) is 6.04 Å². The first-order valence-electron chi connectivity index (χ1n) is 9.02. The summed E-state index contributed by atoms with van der Waals surface area (Å²) in [5.41, 5.74) is 5.03. The van der Waals surface area contributed by atoms with E-state index in [4.69, 9.17) is 10.8 Å². The van der Waals surface area contributed by atoms with Crippen molar-refractivity contribution in [3.63, 3.8) is 0 Å². The standard InChI is InChI=1S/C18H22N6O5/c1-10(20-16(26)14-13(19)15(25)22-17(27)21-14)11-3-2-4-12(9-11)23-5-7-24(8-6-23)18(28)29/h2-4,9-10H,5-8,19H2,1H3,(H,20,26)(H,28,29)(H2,21,22,25,27)/t10-/m0/s1. The zero-order chi connectivity index (χ0) is 21.1. The number of rotatable bonds is 4. The van der Waals surface area contributed by atoms with Crippen LogP contribution in [0.4, 0.5) is 16.2 Å². The van der Waals surface area contributed by atoms with Crippen LogP contribution in [0.2, 0.25) is 0 Å². The van der Waals surface area contributed by atoms with Gasteiger partial charge in [0, 0.05) is 31.9 Å². The van der Waals surface area contributed by atoms with E-state index in [1.165, 1.54) is 4.90 Å². The second-order valence-corrected chi connectivity index (χ2v) is 6.74. The Kier molecular flexibility index (Phi) is 5.57. The van der Waals surface area contributed by atoms with Gasteiger partial charge in [-0.05, 0) is 24.6 Å². The van der Waals surface area contributed by atoms with Gasteiger partial charge in [0.15, 0.2) is 0 Å². The van der Waals surface area contributed by atoms with Crippen LogP contribution in [-0.4, -0.2) is 58.2 Å². The molecule has 1 fully saturated rings. The number of nitrogens with one attached hydrogen (secondary N) is 3. The Balaban J connectivity index is 1.72. The molecule has 2 aromatic rings. The molecule has 1 aromatic heterocycles. The molecule has 0 saturated carbocycles. The number of hydrogen-bond donors (Lipinski definition) is 5. The van der Waals surface area contributed by atoms with Crippen LogP contribution >= 0.6 is 0 Å². The van der Waals surface area contributed by atoms with E-state index in [9.17, 15) is 19.2 Å². The fraction of sp³-hybridized carbons (Fsp3) is 0.333. The van der Waals surface area contributed by atoms with Crippen molar-refractivity contribution in [2.45, 2.75) is 13.0 Å². The van der Waals surface area contributed by atoms with E-state index in [0.29, 0.717) is 26.2 Å². The Labute approximate surface area is 165 Å². The van der Waals surface area contributed by atoms with Crippen LogP contribution in [0, 0.1) is 0 Å². The number of nitrogen functional groups attached to an aromatic ring is 1. The van der Waals surface area contributed by atoms with Crippen molar-refractivity contribution in [1.82, 2.24) is 20.2 Å². The molecule has 1 aliphatic rings. The number of carboxylic acid groups (broad SMARTS) is 1. The second-order valence-electron chi connectivity index (χ2n) is 6.74. The fourth-order valence-electron chi connectivity index (χ4n) is 3.17. The highest BCUT2D eigenvalue weighted by molar-refractivity contribution is 5.97. The van der Waals surface area contributed by atoms with Crippen LogP contribution in [0.1, 0.15) is 29.0 Å². The zero-order valence-corrected chi connectivity index (χ0v) is 15.8. The van der Waals surface area contributed by atoms with Gasteiger partial charge in [0.1, 0.15) is 11.4 Å². The molecule has 2 heterocycles. The van der Waals surface area contributed by atoms with Crippen LogP contribution in [-0.2, 0) is 0 Å². The van der Waals surface area contributed by atoms with Crippen molar-refractivity contribution >= 4 is 23.4 Å². The van der Waals surface area contributed by atoms with Crippen molar-refractivity contribution in [3.05, 3.63) is 56.4 Å². The van der Waals surface area contributed by atoms with E-state index in [0.717, 1.165) is 11.3 Å². The fourth-order valence-corrected chi connectivity index (χ4v) is 3.17. The molecule has 0 unspecified atom stereocenters. The molecule has 1 atom stereocenters. The van der Waals surface area contributed by atoms with E-state index in [2.05, 4.69) is 15.2 Å². The van der Waals surface area contributed by atoms with Crippen LogP contribution < -0.4 is 27.2 Å². The third-order valence-corrected chi connectivity index (χ3v) is 4.84. The summed E-state index contributed by atoms with van der Waals surface area (Å²) in [5, 5.41) is 11.8. The van der Waals surface area contributed by atoms with Gasteiger partial charge in [-0.2, -0.15) is 0 Å². The number of piperazine rings is 1. The summed E-state index contributed by atoms with van der Waals surface area (Å²) in [7, 11) is 0. The monoisotopic (exact) mass is 402 g/mol. The van der Waals surface area contributed by atoms with Crippen molar-refractivity contribution < 1.29 is 14.7 Å². The van der Waals surface area contributed by atoms with Crippen LogP contribution in [0.25, 0.3) is 0 Å². The number of anilines is 2. The Morgan fingerprint density at radius 2 is 1.86 bits per heavy atom. The number of H-pyrrole nitrogens is 2. The van der Waals surface area contributed by atoms with Crippen LogP contribution in [0.15, 0.2) is 33.9 Å². The summed E-state index contributed by atoms with van der Waals surface area (Å²) >= 11 is 0. The van der Waals surface area contributed by atoms with Gasteiger partial charge in [-0.15, -0.1) is 0 Å². The summed E-state index contributed by atoms with van der Waals surface area (Å²) in [5.74, 6) is -0.668. The van der Waals surface area contributed by atoms with Crippen LogP contribution in [0.3, 0.4) is 0 Å². The average Bonchev–Trinajstić information content (AvgIpc) is 2.70. The lowest BCUT2D eigenvalue weighted by Crippen LogP contribution is -2.48. The van der Waals surface area contributed by atoms with Gasteiger partial charge in [-0.25, -0.2) is 9.59 Å². The normalized spacial score (nSPS) is 15.1. The third kappa shape index (κ3) is 4.39. The molecule has 1 saturated heterocycles. The summed E-state index contributed by atoms with van der Waals surface area (Å²) in [6.45, 7) is 3.74. The molecule has 0 radical (unpaired) electrons. The molecule has 1 aromatic carbocycles. The summed E-state index contributed by atoms with van der Waals surface area (Å²) in [4.78, 5) is 54.1. The molecular weight excluding hydrogens is 380 g/mol. The number of carbonyl (C=O) groups is 2. The molecule has 0 bridgehead atoms. The van der Waals surface area contributed by atoms with Gasteiger partial charge >= 0.3 is 11.8 Å². The average molecular weight is 402 g/mol. The molecule has 154 valence electrons. The number of aromatic amines is 2. The molecule has 11 heteroatoms. The zero-order valence-electron chi connectivity index (χ0n) is 15.8. The largest absolute Gasteiger partial charge is 0.465 e. The Hall–Kier alpha value is -3.76. The topological polar surface area (TPSA) is 165 Å². The van der Waals surface area contributed by atoms with E-state index in [-0.39, 0.29) is 11.4 Å². The van der Waals surface area contributed by atoms with E-state index < -0.39 is 29.3 Å². The molecule has 1 aliphatic heterocycles. The lowest BCUT2D eigenvalue weighted by molar-refractivity contribution is 0.0935. The molecule has 0 spiro atoms. The minimum atomic E-state index is -0.924. The minimum Gasteiger partial charge on any atom is -0.465 e. The van der Waals surface area contributed by atoms with E-state index in [1.807, 2.05) is 29.2 Å². The number of carbonyl (C=O) groups excluding carboxylic acids is 1. The first-order valence-corrected chi connectivity index (χ1v) is 9.02. The Morgan fingerprint density at radius 3 is 2.52 bits per heavy atom. The van der Waals surface area contributed by atoms with Gasteiger partial charge in [0.2, 0.25) is 0 Å². The maximum Gasteiger partial charge on any atom is 0.407 e. The number of benzene rings is 1. The first kappa shape index (κ1) is 20.0. The molecule has 29 heavy (non-hydrogen) atoms. The lowest BCUT2D eigenvalue weighted by atomic mass is 10.1. The van der Waals surface area contributed by atoms with Gasteiger partial charge in [-0.3, -0.25) is 14.6 Å². The second kappa shape index (κ2) is 8.09. The molecule has 3 rings (SSSR count). The summed E-state index contributed by atoms with van der Waals surface area (Å²) in [6, 6.07) is 7.09. The predicted molar refractivity (Wildman–Crippen MR) is 106 cm³/mol. The Bertz CT molecular complexity index is 1040. The minimum absolute atomic E-state index is 0.286. The highest BCUT2D eigenvalue weighted by atomic mass is 16.4. The van der Waals surface area contributed by atoms with Gasteiger partial charge in [-0.1, -0.05) is 12.1 Å². The number of amides is 2. The summed E-state index contributed by atoms with van der Waals surface area (Å²) in [6.07, 6.45) is -0.924. The number of nitrogens with two attached hydrogens (primary N) is 1. The van der Waals surface area contributed by atoms with Crippen LogP contribution in [0.5, 0.6) is 0 Å². The van der Waals surface area contributed by atoms with Crippen molar-refractivity contribution in [1.29, 1.82) is 0 Å². The van der Waals surface area contributed by atoms with Gasteiger partial charge in [0.25, 0.3) is 11.5 Å². The highest BCUT2D eigenvalue weighted by Gasteiger charge is 2.22. The highest BCUT2D eigenvalue weighted by Crippen LogP contribution is 2.22. The SMILES string of the molecule is C[C@H](NC(=O)c1[nH]c(=O)[nH]c(=O)c1N)c1cccc(N2CCN(C(=O)O)CC2)c1. The van der Waals surface area contributed by atoms with Crippen molar-refractivity contribution in [3.8, 4) is 0 Å². The number of hydrogen-bond acceptors (Lipinski definition) is 6. The van der Waals surface area contributed by atoms with Crippen molar-refractivity contribution in [2.24, 2.45) is 0 Å². The smallest absolute Gasteiger partial charge is 0.407 e. The van der Waals surface area contributed by atoms with E-state index in [1.54, 1.807) is 6.92 Å². The lowest BCUT2D eigenvalue weighted by Gasteiger charge is -2.35. The maximum atomic E-state index is 12.5. The molecule has 0 aliphatic carbocycles. The molecule has 11 nitrogen and oxygen atoms in total. The van der Waals surface area contributed by atoms with E-state index >= 15 is 0 Å². The maximum absolute atomic E-state index is 12.5. The quantitative estimate of drug-likeness (QED) is 0.478. The van der Waals surface area contributed by atoms with Gasteiger partial charge < -0.3 is 30.9 Å². The summed E-state index contributed by atoms with van der Waals surface area (Å²) < 4.78 is 0. The Morgan fingerprint density at radius 1 is 1.17 bits per heavy atom. The molecule has 2 amide bonds. The first-order chi connectivity index (χ1) is 13.8. The number of aromatic nitrogens is 2. The molecular formula is C18H22N6O5. The molecule has 6 N–H and O–H groups in total.